The average molecular weight is 348 g/mol. The number of imidazole rings is 1. The molecule has 0 saturated heterocycles. The van der Waals surface area contributed by atoms with E-state index >= 15 is 0 Å². The molecule has 0 saturated carbocycles. The van der Waals surface area contributed by atoms with Gasteiger partial charge in [-0.3, -0.25) is 9.56 Å². The maximum Gasteiger partial charge on any atom is 0.191 e. The fraction of sp³-hybridized carbons (Fsp3) is 0.250. The summed E-state index contributed by atoms with van der Waals surface area (Å²) in [5.74, 6) is 2.58. The first-order chi connectivity index (χ1) is 12.8. The number of aliphatic imine (C=N–C) groups is 1. The Hall–Kier alpha value is -3.15. The van der Waals surface area contributed by atoms with Crippen LogP contribution in [-0.4, -0.2) is 34.1 Å². The lowest BCUT2D eigenvalue weighted by atomic mass is 10.1. The van der Waals surface area contributed by atoms with Gasteiger partial charge in [0.2, 0.25) is 0 Å². The highest BCUT2D eigenvalue weighted by molar-refractivity contribution is 5.79. The van der Waals surface area contributed by atoms with Crippen LogP contribution in [0.1, 0.15) is 17.0 Å². The van der Waals surface area contributed by atoms with Crippen molar-refractivity contribution in [1.29, 1.82) is 0 Å². The van der Waals surface area contributed by atoms with Crippen LogP contribution < -0.4 is 10.6 Å². The monoisotopic (exact) mass is 348 g/mol. The first kappa shape index (κ1) is 17.7. The molecule has 6 heteroatoms. The van der Waals surface area contributed by atoms with Gasteiger partial charge in [-0.15, -0.1) is 0 Å². The third-order valence-corrected chi connectivity index (χ3v) is 4.11. The third kappa shape index (κ3) is 4.69. The average Bonchev–Trinajstić information content (AvgIpc) is 3.12. The van der Waals surface area contributed by atoms with Gasteiger partial charge in [-0.1, -0.05) is 36.4 Å². The molecule has 0 aliphatic carbocycles. The summed E-state index contributed by atoms with van der Waals surface area (Å²) in [5.41, 5.74) is 2.41. The summed E-state index contributed by atoms with van der Waals surface area (Å²) < 4.78 is 1.96. The van der Waals surface area contributed by atoms with Gasteiger partial charge in [0.1, 0.15) is 11.6 Å². The van der Waals surface area contributed by atoms with Crippen molar-refractivity contribution < 1.29 is 0 Å². The van der Waals surface area contributed by atoms with Gasteiger partial charge < -0.3 is 10.6 Å². The first-order valence-electron chi connectivity index (χ1n) is 8.70. The quantitative estimate of drug-likeness (QED) is 0.530. The van der Waals surface area contributed by atoms with Crippen LogP contribution in [0.4, 0.5) is 0 Å². The van der Waals surface area contributed by atoms with E-state index in [1.807, 2.05) is 36.0 Å². The number of aromatic nitrogens is 3. The molecule has 2 heterocycles. The molecule has 0 amide bonds. The highest BCUT2D eigenvalue weighted by atomic mass is 15.2. The summed E-state index contributed by atoms with van der Waals surface area (Å²) in [6.45, 7) is 3.46. The van der Waals surface area contributed by atoms with Crippen molar-refractivity contribution in [1.82, 2.24) is 25.2 Å². The predicted molar refractivity (Wildman–Crippen MR) is 104 cm³/mol. The van der Waals surface area contributed by atoms with Crippen molar-refractivity contribution in [3.8, 4) is 5.82 Å². The lowest BCUT2D eigenvalue weighted by molar-refractivity contribution is 0.792. The Bertz CT molecular complexity index is 836. The molecule has 26 heavy (non-hydrogen) atoms. The molecule has 0 unspecified atom stereocenters. The van der Waals surface area contributed by atoms with Gasteiger partial charge in [-0.05, 0) is 30.5 Å². The normalized spacial score (nSPS) is 11.4. The Kier molecular flexibility index (Phi) is 5.98. The smallest absolute Gasteiger partial charge is 0.191 e. The maximum absolute atomic E-state index is 4.51. The number of rotatable bonds is 6. The number of nitrogens with zero attached hydrogens (tertiary/aromatic N) is 4. The van der Waals surface area contributed by atoms with E-state index in [1.165, 1.54) is 5.56 Å². The van der Waals surface area contributed by atoms with E-state index in [0.29, 0.717) is 6.54 Å². The molecule has 0 atom stereocenters. The van der Waals surface area contributed by atoms with Crippen molar-refractivity contribution in [2.45, 2.75) is 19.9 Å². The van der Waals surface area contributed by atoms with E-state index in [2.05, 4.69) is 55.9 Å². The zero-order valence-electron chi connectivity index (χ0n) is 15.2. The third-order valence-electron chi connectivity index (χ3n) is 4.11. The zero-order valence-corrected chi connectivity index (χ0v) is 15.2. The molecule has 1 aromatic carbocycles. The Morgan fingerprint density at radius 3 is 2.54 bits per heavy atom. The second-order valence-corrected chi connectivity index (χ2v) is 5.96. The topological polar surface area (TPSA) is 67.1 Å². The van der Waals surface area contributed by atoms with Crippen molar-refractivity contribution >= 4 is 5.96 Å². The van der Waals surface area contributed by atoms with Gasteiger partial charge in [0.15, 0.2) is 5.96 Å². The molecule has 2 aromatic heterocycles. The van der Waals surface area contributed by atoms with Gasteiger partial charge in [-0.25, -0.2) is 9.97 Å². The maximum atomic E-state index is 4.51. The van der Waals surface area contributed by atoms with E-state index in [9.17, 15) is 0 Å². The summed E-state index contributed by atoms with van der Waals surface area (Å²) in [7, 11) is 1.78. The Morgan fingerprint density at radius 2 is 1.88 bits per heavy atom. The number of guanidine groups is 1. The number of nitrogens with one attached hydrogen (secondary N) is 2. The highest BCUT2D eigenvalue weighted by Gasteiger charge is 2.03. The van der Waals surface area contributed by atoms with E-state index in [-0.39, 0.29) is 0 Å². The van der Waals surface area contributed by atoms with Gasteiger partial charge in [0, 0.05) is 38.7 Å². The Labute approximate surface area is 154 Å². The van der Waals surface area contributed by atoms with E-state index < -0.39 is 0 Å². The number of hydrogen-bond donors (Lipinski definition) is 2. The molecule has 0 fully saturated rings. The van der Waals surface area contributed by atoms with Crippen molar-refractivity contribution in [2.24, 2.45) is 4.99 Å². The second-order valence-electron chi connectivity index (χ2n) is 5.96. The molecule has 0 spiro atoms. The summed E-state index contributed by atoms with van der Waals surface area (Å²) in [4.78, 5) is 13.0. The molecule has 3 aromatic rings. The van der Waals surface area contributed by atoms with Crippen LogP contribution in [0, 0.1) is 6.92 Å². The molecule has 6 nitrogen and oxygen atoms in total. The van der Waals surface area contributed by atoms with E-state index in [4.69, 9.17) is 0 Å². The largest absolute Gasteiger partial charge is 0.356 e. The number of hydrogen-bond acceptors (Lipinski definition) is 3. The molecule has 0 aliphatic rings. The van der Waals surface area contributed by atoms with Crippen molar-refractivity contribution in [2.75, 3.05) is 13.6 Å². The second kappa shape index (κ2) is 8.80. The fourth-order valence-electron chi connectivity index (χ4n) is 2.66. The summed E-state index contributed by atoms with van der Waals surface area (Å²) >= 11 is 0. The van der Waals surface area contributed by atoms with Crippen LogP contribution in [0.3, 0.4) is 0 Å². The van der Waals surface area contributed by atoms with E-state index in [0.717, 1.165) is 36.1 Å². The van der Waals surface area contributed by atoms with Crippen molar-refractivity contribution in [3.63, 3.8) is 0 Å². The number of pyridine rings is 1. The minimum absolute atomic E-state index is 0.668. The predicted octanol–water partition coefficient (Wildman–Crippen LogP) is 2.48. The van der Waals surface area contributed by atoms with Crippen LogP contribution in [0.2, 0.25) is 0 Å². The Morgan fingerprint density at radius 1 is 1.04 bits per heavy atom. The number of benzene rings is 1. The SMILES string of the molecule is CN=C(NCCc1ccccc1)NCc1ccc(-n2ccnc2C)nc1. The first-order valence-corrected chi connectivity index (χ1v) is 8.70. The molecule has 134 valence electrons. The Balaban J connectivity index is 1.48. The summed E-state index contributed by atoms with van der Waals surface area (Å²) in [6, 6.07) is 14.5. The molecule has 0 radical (unpaired) electrons. The minimum atomic E-state index is 0.668. The van der Waals surface area contributed by atoms with Crippen LogP contribution in [0.5, 0.6) is 0 Å². The summed E-state index contributed by atoms with van der Waals surface area (Å²) in [5, 5.41) is 6.65. The lowest BCUT2D eigenvalue weighted by Crippen LogP contribution is -2.37. The number of aryl methyl sites for hydroxylation is 1. The minimum Gasteiger partial charge on any atom is -0.356 e. The molecule has 0 bridgehead atoms. The van der Waals surface area contributed by atoms with Crippen LogP contribution in [-0.2, 0) is 13.0 Å². The van der Waals surface area contributed by atoms with Gasteiger partial charge in [0.25, 0.3) is 0 Å². The molecule has 3 rings (SSSR count). The van der Waals surface area contributed by atoms with Crippen LogP contribution in [0.25, 0.3) is 5.82 Å². The van der Waals surface area contributed by atoms with E-state index in [1.54, 1.807) is 13.2 Å². The summed E-state index contributed by atoms with van der Waals surface area (Å²) in [6.07, 6.45) is 6.52. The standard InChI is InChI=1S/C20H24N6/c1-16-22-12-13-26(16)19-9-8-18(14-24-19)15-25-20(21-2)23-11-10-17-6-4-3-5-7-17/h3-9,12-14H,10-11,15H2,1-2H3,(H2,21,23,25). The van der Waals surface area contributed by atoms with Gasteiger partial charge >= 0.3 is 0 Å². The highest BCUT2D eigenvalue weighted by Crippen LogP contribution is 2.08. The molecular weight excluding hydrogens is 324 g/mol. The van der Waals surface area contributed by atoms with Crippen LogP contribution >= 0.6 is 0 Å². The fourth-order valence-corrected chi connectivity index (χ4v) is 2.66. The molecule has 0 aliphatic heterocycles. The lowest BCUT2D eigenvalue weighted by Gasteiger charge is -2.12. The van der Waals surface area contributed by atoms with Gasteiger partial charge in [0.05, 0.1) is 0 Å². The van der Waals surface area contributed by atoms with Crippen molar-refractivity contribution in [3.05, 3.63) is 78.0 Å². The molecule has 2 N–H and O–H groups in total. The molecular formula is C20H24N6. The van der Waals surface area contributed by atoms with Gasteiger partial charge in [-0.2, -0.15) is 0 Å². The van der Waals surface area contributed by atoms with Crippen LogP contribution in [0.15, 0.2) is 66.0 Å². The zero-order chi connectivity index (χ0) is 18.2.